The van der Waals surface area contributed by atoms with E-state index in [1.807, 2.05) is 6.26 Å². The number of rotatable bonds is 5. The zero-order valence-corrected chi connectivity index (χ0v) is 15.0. The maximum atomic E-state index is 14.3. The fourth-order valence-electron chi connectivity index (χ4n) is 2.43. The third-order valence-electron chi connectivity index (χ3n) is 3.64. The lowest BCUT2D eigenvalue weighted by Crippen LogP contribution is -2.26. The van der Waals surface area contributed by atoms with Gasteiger partial charge in [-0.05, 0) is 36.6 Å². The Balaban J connectivity index is 2.05. The van der Waals surface area contributed by atoms with E-state index in [1.54, 1.807) is 42.2 Å². The van der Waals surface area contributed by atoms with Gasteiger partial charge in [0.2, 0.25) is 0 Å². The number of fused-ring (bicyclic) bond motifs is 1. The second-order valence-corrected chi connectivity index (χ2v) is 6.75. The van der Waals surface area contributed by atoms with E-state index in [1.165, 1.54) is 12.3 Å². The predicted octanol–water partition coefficient (Wildman–Crippen LogP) is 4.18. The van der Waals surface area contributed by atoms with Crippen molar-refractivity contribution in [3.8, 4) is 11.1 Å². The monoisotopic (exact) mass is 375 g/mol. The van der Waals surface area contributed by atoms with Gasteiger partial charge >= 0.3 is 0 Å². The normalized spacial score (nSPS) is 10.8. The summed E-state index contributed by atoms with van der Waals surface area (Å²) in [5, 5.41) is 3.86. The molecule has 2 aromatic heterocycles. The molecule has 0 unspecified atom stereocenters. The molecule has 4 nitrogen and oxygen atoms in total. The summed E-state index contributed by atoms with van der Waals surface area (Å²) in [4.78, 5) is 20.8. The van der Waals surface area contributed by atoms with Crippen LogP contribution in [0.1, 0.15) is 10.5 Å². The molecular formula is C18H15ClFN3OS. The highest BCUT2D eigenvalue weighted by atomic mass is 35.5. The minimum Gasteiger partial charge on any atom is -0.350 e. The number of pyridine rings is 2. The Kier molecular flexibility index (Phi) is 5.50. The largest absolute Gasteiger partial charge is 0.350 e. The van der Waals surface area contributed by atoms with E-state index in [0.29, 0.717) is 28.2 Å². The number of nitrogens with zero attached hydrogens (tertiary/aromatic N) is 2. The zero-order chi connectivity index (χ0) is 17.8. The standard InChI is InChI=1S/C18H15ClFN3OS/c1-25-7-6-22-18(24)16-5-2-11-9-21-10-14(17(11)23-16)13-4-3-12(19)8-15(13)20/h2-5,8-10H,6-7H2,1H3,(H,22,24). The van der Waals surface area contributed by atoms with Crippen molar-refractivity contribution >= 4 is 40.2 Å². The molecule has 0 aliphatic heterocycles. The number of hydrogen-bond donors (Lipinski definition) is 1. The van der Waals surface area contributed by atoms with Crippen LogP contribution in [-0.2, 0) is 0 Å². The fraction of sp³-hybridized carbons (Fsp3) is 0.167. The molecule has 1 amide bonds. The van der Waals surface area contributed by atoms with Gasteiger partial charge in [0.25, 0.3) is 5.91 Å². The van der Waals surface area contributed by atoms with E-state index >= 15 is 0 Å². The van der Waals surface area contributed by atoms with Gasteiger partial charge in [0.05, 0.1) is 5.52 Å². The van der Waals surface area contributed by atoms with Gasteiger partial charge in [0.1, 0.15) is 11.5 Å². The third-order valence-corrected chi connectivity index (χ3v) is 4.49. The molecule has 0 fully saturated rings. The van der Waals surface area contributed by atoms with Crippen LogP contribution in [0.2, 0.25) is 5.02 Å². The van der Waals surface area contributed by atoms with Gasteiger partial charge in [0, 0.05) is 46.2 Å². The maximum Gasteiger partial charge on any atom is 0.269 e. The quantitative estimate of drug-likeness (QED) is 0.679. The first kappa shape index (κ1) is 17.6. The Morgan fingerprint density at radius 3 is 2.84 bits per heavy atom. The van der Waals surface area contributed by atoms with Gasteiger partial charge in [-0.25, -0.2) is 9.37 Å². The summed E-state index contributed by atoms with van der Waals surface area (Å²) < 4.78 is 14.3. The second-order valence-electron chi connectivity index (χ2n) is 5.33. The number of thioether (sulfide) groups is 1. The highest BCUT2D eigenvalue weighted by Crippen LogP contribution is 2.30. The number of carbonyl (C=O) groups excluding carboxylic acids is 1. The molecule has 25 heavy (non-hydrogen) atoms. The van der Waals surface area contributed by atoms with Gasteiger partial charge in [-0.3, -0.25) is 9.78 Å². The molecule has 3 rings (SSSR count). The van der Waals surface area contributed by atoms with E-state index < -0.39 is 5.82 Å². The van der Waals surface area contributed by atoms with Crippen LogP contribution in [0, 0.1) is 5.82 Å². The number of carbonyl (C=O) groups is 1. The molecule has 0 aliphatic rings. The highest BCUT2D eigenvalue weighted by Gasteiger charge is 2.14. The Labute approximate surface area is 153 Å². The number of aromatic nitrogens is 2. The molecule has 0 bridgehead atoms. The molecule has 2 heterocycles. The molecule has 128 valence electrons. The van der Waals surface area contributed by atoms with Crippen LogP contribution >= 0.6 is 23.4 Å². The lowest BCUT2D eigenvalue weighted by molar-refractivity contribution is 0.0951. The molecule has 0 saturated heterocycles. The molecule has 1 N–H and O–H groups in total. The van der Waals surface area contributed by atoms with E-state index in [4.69, 9.17) is 11.6 Å². The van der Waals surface area contributed by atoms with Crippen LogP contribution in [0.3, 0.4) is 0 Å². The summed E-state index contributed by atoms with van der Waals surface area (Å²) in [5.74, 6) is 0.110. The second kappa shape index (κ2) is 7.80. The van der Waals surface area contributed by atoms with Crippen molar-refractivity contribution in [1.82, 2.24) is 15.3 Å². The number of amides is 1. The van der Waals surface area contributed by atoms with Crippen LogP contribution in [0.4, 0.5) is 4.39 Å². The zero-order valence-electron chi connectivity index (χ0n) is 13.4. The van der Waals surface area contributed by atoms with Crippen LogP contribution < -0.4 is 5.32 Å². The van der Waals surface area contributed by atoms with Crippen molar-refractivity contribution in [2.75, 3.05) is 18.6 Å². The average Bonchev–Trinajstić information content (AvgIpc) is 2.61. The minimum absolute atomic E-state index is 0.254. The molecule has 0 aliphatic carbocycles. The topological polar surface area (TPSA) is 54.9 Å². The molecule has 0 atom stereocenters. The Morgan fingerprint density at radius 2 is 2.08 bits per heavy atom. The Bertz CT molecular complexity index is 935. The molecular weight excluding hydrogens is 361 g/mol. The summed E-state index contributed by atoms with van der Waals surface area (Å²) in [6, 6.07) is 7.84. The number of halogens is 2. The smallest absolute Gasteiger partial charge is 0.269 e. The van der Waals surface area contributed by atoms with Crippen molar-refractivity contribution in [1.29, 1.82) is 0 Å². The number of hydrogen-bond acceptors (Lipinski definition) is 4. The summed E-state index contributed by atoms with van der Waals surface area (Å²) in [7, 11) is 0. The number of nitrogens with one attached hydrogen (secondary N) is 1. The lowest BCUT2D eigenvalue weighted by atomic mass is 10.0. The molecule has 0 spiro atoms. The van der Waals surface area contributed by atoms with Crippen molar-refractivity contribution < 1.29 is 9.18 Å². The van der Waals surface area contributed by atoms with Gasteiger partial charge in [-0.1, -0.05) is 11.6 Å². The molecule has 0 radical (unpaired) electrons. The van der Waals surface area contributed by atoms with Crippen LogP contribution in [0.25, 0.3) is 22.0 Å². The molecule has 1 aromatic carbocycles. The van der Waals surface area contributed by atoms with E-state index in [9.17, 15) is 9.18 Å². The summed E-state index contributed by atoms with van der Waals surface area (Å²) >= 11 is 7.47. The fourth-order valence-corrected chi connectivity index (χ4v) is 2.90. The minimum atomic E-state index is -0.460. The number of benzene rings is 1. The van der Waals surface area contributed by atoms with Gasteiger partial charge in [-0.15, -0.1) is 0 Å². The summed E-state index contributed by atoms with van der Waals surface area (Å²) in [6.45, 7) is 0.564. The Hall–Kier alpha value is -2.18. The van der Waals surface area contributed by atoms with Crippen LogP contribution in [-0.4, -0.2) is 34.4 Å². The summed E-state index contributed by atoms with van der Waals surface area (Å²) in [5.41, 5.74) is 1.67. The van der Waals surface area contributed by atoms with Gasteiger partial charge in [-0.2, -0.15) is 11.8 Å². The first-order chi connectivity index (χ1) is 12.1. The van der Waals surface area contributed by atoms with E-state index in [2.05, 4.69) is 15.3 Å². The molecule has 0 saturated carbocycles. The first-order valence-electron chi connectivity index (χ1n) is 7.57. The van der Waals surface area contributed by atoms with Crippen molar-refractivity contribution in [2.24, 2.45) is 0 Å². The van der Waals surface area contributed by atoms with Crippen LogP contribution in [0.15, 0.2) is 42.7 Å². The first-order valence-corrected chi connectivity index (χ1v) is 9.34. The van der Waals surface area contributed by atoms with E-state index in [0.717, 1.165) is 11.1 Å². The maximum absolute atomic E-state index is 14.3. The Morgan fingerprint density at radius 1 is 1.24 bits per heavy atom. The predicted molar refractivity (Wildman–Crippen MR) is 101 cm³/mol. The SMILES string of the molecule is CSCCNC(=O)c1ccc2cncc(-c3ccc(Cl)cc3F)c2n1. The van der Waals surface area contributed by atoms with Crippen molar-refractivity contribution in [3.05, 3.63) is 59.3 Å². The van der Waals surface area contributed by atoms with Crippen molar-refractivity contribution in [2.45, 2.75) is 0 Å². The van der Waals surface area contributed by atoms with Crippen LogP contribution in [0.5, 0.6) is 0 Å². The molecule has 3 aromatic rings. The highest BCUT2D eigenvalue weighted by molar-refractivity contribution is 7.98. The molecule has 7 heteroatoms. The van der Waals surface area contributed by atoms with Gasteiger partial charge in [0.15, 0.2) is 0 Å². The third kappa shape index (κ3) is 3.91. The lowest BCUT2D eigenvalue weighted by Gasteiger charge is -2.09. The van der Waals surface area contributed by atoms with Crippen molar-refractivity contribution in [3.63, 3.8) is 0 Å². The van der Waals surface area contributed by atoms with E-state index in [-0.39, 0.29) is 11.6 Å². The van der Waals surface area contributed by atoms with Gasteiger partial charge < -0.3 is 5.32 Å². The summed E-state index contributed by atoms with van der Waals surface area (Å²) in [6.07, 6.45) is 5.15. The average molecular weight is 376 g/mol.